The number of sulfone groups is 1. The van der Waals surface area contributed by atoms with Gasteiger partial charge in [-0.05, 0) is 56.5 Å². The molecule has 182 valence electrons. The lowest BCUT2D eigenvalue weighted by Gasteiger charge is -2.37. The third kappa shape index (κ3) is 4.61. The second-order valence-corrected chi connectivity index (χ2v) is 11.4. The van der Waals surface area contributed by atoms with Crippen molar-refractivity contribution in [2.24, 2.45) is 0 Å². The molecule has 0 radical (unpaired) electrons. The Labute approximate surface area is 200 Å². The molecule has 2 amide bonds. The predicted octanol–water partition coefficient (Wildman–Crippen LogP) is 2.84. The normalized spacial score (nSPS) is 17.0. The highest BCUT2D eigenvalue weighted by atomic mass is 32.2. The zero-order valence-corrected chi connectivity index (χ0v) is 20.9. The molecule has 4 rings (SSSR count). The quantitative estimate of drug-likeness (QED) is 0.700. The van der Waals surface area contributed by atoms with Gasteiger partial charge in [-0.2, -0.15) is 0 Å². The van der Waals surface area contributed by atoms with Crippen LogP contribution in [0.5, 0.6) is 5.75 Å². The van der Waals surface area contributed by atoms with Gasteiger partial charge in [0.05, 0.1) is 15.8 Å². The summed E-state index contributed by atoms with van der Waals surface area (Å²) >= 11 is 0. The Morgan fingerprint density at radius 2 is 1.79 bits per heavy atom. The van der Waals surface area contributed by atoms with Crippen LogP contribution in [0.4, 0.5) is 11.4 Å². The zero-order valence-electron chi connectivity index (χ0n) is 20.1. The van der Waals surface area contributed by atoms with Gasteiger partial charge in [0.1, 0.15) is 5.75 Å². The van der Waals surface area contributed by atoms with Gasteiger partial charge in [-0.1, -0.05) is 12.1 Å². The molecule has 0 aliphatic carbocycles. The summed E-state index contributed by atoms with van der Waals surface area (Å²) in [6.45, 7) is 9.83. The van der Waals surface area contributed by atoms with Crippen molar-refractivity contribution in [1.82, 2.24) is 4.90 Å². The summed E-state index contributed by atoms with van der Waals surface area (Å²) in [6, 6.07) is 9.28. The maximum atomic E-state index is 13.3. The molecule has 0 spiro atoms. The second-order valence-electron chi connectivity index (χ2n) is 9.10. The molecule has 0 aromatic heterocycles. The van der Waals surface area contributed by atoms with E-state index in [2.05, 4.69) is 36.2 Å². The average Bonchev–Trinajstić information content (AvgIpc) is 2.80. The van der Waals surface area contributed by atoms with Crippen molar-refractivity contribution in [2.75, 3.05) is 43.0 Å². The highest BCUT2D eigenvalue weighted by Gasteiger charge is 2.32. The smallest absolute Gasteiger partial charge is 0.262 e. The highest BCUT2D eigenvalue weighted by Crippen LogP contribution is 2.34. The molecule has 34 heavy (non-hydrogen) atoms. The molecule has 2 aromatic rings. The van der Waals surface area contributed by atoms with E-state index in [0.29, 0.717) is 43.2 Å². The van der Waals surface area contributed by atoms with Gasteiger partial charge in [0.2, 0.25) is 5.91 Å². The number of piperazine rings is 1. The summed E-state index contributed by atoms with van der Waals surface area (Å²) in [4.78, 5) is 28.7. The van der Waals surface area contributed by atoms with Crippen LogP contribution in [-0.2, 0) is 19.4 Å². The van der Waals surface area contributed by atoms with Crippen LogP contribution in [0.1, 0.15) is 30.0 Å². The number of ether oxygens (including phenoxy) is 1. The Balaban J connectivity index is 1.42. The molecule has 0 saturated carbocycles. The molecule has 8 nitrogen and oxygen atoms in total. The molecule has 9 heteroatoms. The van der Waals surface area contributed by atoms with Crippen LogP contribution < -0.4 is 15.0 Å². The number of carbonyl (C=O) groups is 2. The van der Waals surface area contributed by atoms with Gasteiger partial charge in [0, 0.05) is 44.4 Å². The van der Waals surface area contributed by atoms with Crippen LogP contribution in [0.2, 0.25) is 0 Å². The molecular formula is C25H31N3O5S. The number of anilines is 2. The Morgan fingerprint density at radius 1 is 1.09 bits per heavy atom. The van der Waals surface area contributed by atoms with Gasteiger partial charge in [0.15, 0.2) is 16.4 Å². The van der Waals surface area contributed by atoms with E-state index in [-0.39, 0.29) is 29.7 Å². The van der Waals surface area contributed by atoms with Gasteiger partial charge < -0.3 is 19.9 Å². The largest absolute Gasteiger partial charge is 0.482 e. The van der Waals surface area contributed by atoms with Gasteiger partial charge in [0.25, 0.3) is 5.91 Å². The minimum atomic E-state index is -3.77. The van der Waals surface area contributed by atoms with Crippen LogP contribution in [-0.4, -0.2) is 63.2 Å². The number of nitrogens with one attached hydrogen (secondary N) is 1. The number of carbonyl (C=O) groups excluding carboxylic acids is 2. The minimum Gasteiger partial charge on any atom is -0.482 e. The van der Waals surface area contributed by atoms with Gasteiger partial charge in [-0.3, -0.25) is 9.59 Å². The first kappa shape index (κ1) is 24.1. The maximum Gasteiger partial charge on any atom is 0.262 e. The minimum absolute atomic E-state index is 0.0834. The zero-order chi connectivity index (χ0) is 24.6. The SMILES string of the molecule is Cc1cc2c(cc1S(=O)(=O)[C@@H](C)CC(=O)N1CCN(c3cccc(C)c3C)CC1)OCC(=O)N2. The second kappa shape index (κ2) is 9.29. The number of amides is 2. The van der Waals surface area contributed by atoms with Crippen molar-refractivity contribution in [3.63, 3.8) is 0 Å². The lowest BCUT2D eigenvalue weighted by Crippen LogP contribution is -2.49. The van der Waals surface area contributed by atoms with Crippen molar-refractivity contribution in [1.29, 1.82) is 0 Å². The fraction of sp³-hybridized carbons (Fsp3) is 0.440. The third-order valence-electron chi connectivity index (χ3n) is 6.76. The number of rotatable bonds is 5. The Bertz CT molecular complexity index is 1230. The standard InChI is InChI=1S/C25H31N3O5S/c1-16-6-5-7-21(19(16)4)27-8-10-28(11-9-27)25(30)13-18(3)34(31,32)23-14-22-20(12-17(23)2)26-24(29)15-33-22/h5-7,12,14,18H,8-11,13,15H2,1-4H3,(H,26,29)/t18-/m0/s1. The average molecular weight is 486 g/mol. The van der Waals surface area contributed by atoms with Crippen molar-refractivity contribution in [3.05, 3.63) is 47.0 Å². The Morgan fingerprint density at radius 3 is 2.50 bits per heavy atom. The topological polar surface area (TPSA) is 96.0 Å². The number of benzene rings is 2. The van der Waals surface area contributed by atoms with Crippen molar-refractivity contribution in [3.8, 4) is 5.75 Å². The van der Waals surface area contributed by atoms with Crippen LogP contribution in [0.25, 0.3) is 0 Å². The van der Waals surface area contributed by atoms with Crippen LogP contribution in [0, 0.1) is 20.8 Å². The predicted molar refractivity (Wildman–Crippen MR) is 131 cm³/mol. The van der Waals surface area contributed by atoms with Crippen LogP contribution in [0.3, 0.4) is 0 Å². The van der Waals surface area contributed by atoms with Gasteiger partial charge in [-0.15, -0.1) is 0 Å². The monoisotopic (exact) mass is 485 g/mol. The van der Waals surface area contributed by atoms with E-state index in [0.717, 1.165) is 0 Å². The van der Waals surface area contributed by atoms with Gasteiger partial charge in [-0.25, -0.2) is 8.42 Å². The van der Waals surface area contributed by atoms with E-state index in [1.54, 1.807) is 24.8 Å². The summed E-state index contributed by atoms with van der Waals surface area (Å²) in [5.41, 5.74) is 4.62. The molecule has 0 unspecified atom stereocenters. The third-order valence-corrected chi connectivity index (χ3v) is 9.04. The molecule has 1 saturated heterocycles. The van der Waals surface area contributed by atoms with Crippen LogP contribution >= 0.6 is 0 Å². The molecule has 2 heterocycles. The van der Waals surface area contributed by atoms with E-state index in [4.69, 9.17) is 4.74 Å². The number of aryl methyl sites for hydroxylation is 2. The summed E-state index contributed by atoms with van der Waals surface area (Å²) in [5, 5.41) is 1.80. The number of nitrogens with zero attached hydrogens (tertiary/aromatic N) is 2. The molecule has 1 atom stereocenters. The Hall–Kier alpha value is -3.07. The number of hydrogen-bond acceptors (Lipinski definition) is 6. The van der Waals surface area contributed by atoms with Crippen molar-refractivity contribution < 1.29 is 22.7 Å². The highest BCUT2D eigenvalue weighted by molar-refractivity contribution is 7.92. The number of hydrogen-bond donors (Lipinski definition) is 1. The fourth-order valence-corrected chi connectivity index (χ4v) is 6.07. The van der Waals surface area contributed by atoms with Crippen molar-refractivity contribution >= 4 is 33.0 Å². The summed E-state index contributed by atoms with van der Waals surface area (Å²) in [6.07, 6.45) is -0.0834. The summed E-state index contributed by atoms with van der Waals surface area (Å²) in [7, 11) is -3.77. The number of fused-ring (bicyclic) bond motifs is 1. The molecule has 2 aromatic carbocycles. The molecular weight excluding hydrogens is 454 g/mol. The maximum absolute atomic E-state index is 13.3. The van der Waals surface area contributed by atoms with E-state index in [9.17, 15) is 18.0 Å². The fourth-order valence-electron chi connectivity index (χ4n) is 4.50. The first-order valence-corrected chi connectivity index (χ1v) is 13.0. The first-order chi connectivity index (χ1) is 16.1. The summed E-state index contributed by atoms with van der Waals surface area (Å²) in [5.74, 6) is -0.111. The molecule has 1 fully saturated rings. The van der Waals surface area contributed by atoms with E-state index >= 15 is 0 Å². The molecule has 2 aliphatic rings. The lowest BCUT2D eigenvalue weighted by molar-refractivity contribution is -0.131. The molecule has 0 bridgehead atoms. The van der Waals surface area contributed by atoms with E-state index in [1.807, 2.05) is 6.07 Å². The summed E-state index contributed by atoms with van der Waals surface area (Å²) < 4.78 is 32.0. The van der Waals surface area contributed by atoms with Crippen LogP contribution in [0.15, 0.2) is 35.2 Å². The van der Waals surface area contributed by atoms with Crippen molar-refractivity contribution in [2.45, 2.75) is 44.3 Å². The molecule has 1 N–H and O–H groups in total. The van der Waals surface area contributed by atoms with E-state index in [1.165, 1.54) is 22.9 Å². The van der Waals surface area contributed by atoms with Gasteiger partial charge >= 0.3 is 0 Å². The first-order valence-electron chi connectivity index (χ1n) is 11.5. The lowest BCUT2D eigenvalue weighted by atomic mass is 10.1. The van der Waals surface area contributed by atoms with E-state index < -0.39 is 15.1 Å². The Kier molecular flexibility index (Phi) is 6.58. The molecule has 2 aliphatic heterocycles.